The number of nitrogens with zero attached hydrogens (tertiary/aromatic N) is 2. The van der Waals surface area contributed by atoms with Gasteiger partial charge in [-0.1, -0.05) is 48.5 Å². The zero-order valence-electron chi connectivity index (χ0n) is 16.1. The highest BCUT2D eigenvalue weighted by Crippen LogP contribution is 2.29. The third-order valence-electron chi connectivity index (χ3n) is 5.59. The second-order valence-corrected chi connectivity index (χ2v) is 8.55. The third kappa shape index (κ3) is 4.60. The van der Waals surface area contributed by atoms with Crippen LogP contribution in [-0.4, -0.2) is 37.1 Å². The molecule has 1 fully saturated rings. The highest BCUT2D eigenvalue weighted by Gasteiger charge is 2.21. The van der Waals surface area contributed by atoms with Crippen LogP contribution in [-0.2, 0) is 6.42 Å². The molecular formula is C24H28N2S. The summed E-state index contributed by atoms with van der Waals surface area (Å²) in [5, 5.41) is 0. The largest absolute Gasteiger partial charge is 0.369 e. The molecule has 1 aliphatic rings. The molecule has 1 aliphatic heterocycles. The van der Waals surface area contributed by atoms with Crippen LogP contribution in [0.25, 0.3) is 10.4 Å². The minimum atomic E-state index is 0.644. The van der Waals surface area contributed by atoms with Gasteiger partial charge in [-0.15, -0.1) is 11.3 Å². The molecule has 0 aliphatic carbocycles. The van der Waals surface area contributed by atoms with Gasteiger partial charge in [0.25, 0.3) is 0 Å². The average molecular weight is 377 g/mol. The van der Waals surface area contributed by atoms with Crippen molar-refractivity contribution in [1.29, 1.82) is 0 Å². The lowest BCUT2D eigenvalue weighted by Crippen LogP contribution is -2.49. The monoisotopic (exact) mass is 376 g/mol. The Kier molecular flexibility index (Phi) is 5.90. The molecule has 1 atom stereocenters. The van der Waals surface area contributed by atoms with Gasteiger partial charge in [0, 0.05) is 47.7 Å². The smallest absolute Gasteiger partial charge is 0.0367 e. The number of hydrogen-bond donors (Lipinski definition) is 0. The second kappa shape index (κ2) is 8.73. The van der Waals surface area contributed by atoms with Crippen LogP contribution < -0.4 is 4.90 Å². The molecule has 0 spiro atoms. The third-order valence-corrected chi connectivity index (χ3v) is 6.78. The molecule has 3 heteroatoms. The van der Waals surface area contributed by atoms with E-state index in [4.69, 9.17) is 0 Å². The van der Waals surface area contributed by atoms with Crippen molar-refractivity contribution < 1.29 is 0 Å². The normalized spacial score (nSPS) is 16.4. The highest BCUT2D eigenvalue weighted by molar-refractivity contribution is 7.15. The van der Waals surface area contributed by atoms with Gasteiger partial charge in [0.1, 0.15) is 0 Å². The Hall–Kier alpha value is -2.10. The standard InChI is InChI=1S/C24H28N2S/c1-20(25-16-18-26(19-17-25)22-10-6-3-7-11-22)12-13-23-14-15-24(27-23)21-8-4-2-5-9-21/h2-11,14-15,20H,12-13,16-19H2,1H3. The fourth-order valence-electron chi connectivity index (χ4n) is 3.86. The van der Waals surface area contributed by atoms with Gasteiger partial charge in [-0.05, 0) is 49.6 Å². The summed E-state index contributed by atoms with van der Waals surface area (Å²) in [6, 6.07) is 26.8. The summed E-state index contributed by atoms with van der Waals surface area (Å²) in [6.45, 7) is 6.98. The maximum Gasteiger partial charge on any atom is 0.0367 e. The number of anilines is 1. The van der Waals surface area contributed by atoms with Gasteiger partial charge < -0.3 is 4.90 Å². The van der Waals surface area contributed by atoms with Crippen molar-refractivity contribution >= 4 is 17.0 Å². The second-order valence-electron chi connectivity index (χ2n) is 7.38. The van der Waals surface area contributed by atoms with E-state index in [9.17, 15) is 0 Å². The van der Waals surface area contributed by atoms with Crippen molar-refractivity contribution in [3.05, 3.63) is 77.7 Å². The molecule has 0 saturated carbocycles. The molecule has 1 aromatic heterocycles. The van der Waals surface area contributed by atoms with E-state index in [1.807, 2.05) is 11.3 Å². The number of thiophene rings is 1. The number of rotatable bonds is 6. The van der Waals surface area contributed by atoms with Crippen LogP contribution >= 0.6 is 11.3 Å². The molecule has 0 bridgehead atoms. The van der Waals surface area contributed by atoms with Gasteiger partial charge in [-0.25, -0.2) is 0 Å². The summed E-state index contributed by atoms with van der Waals surface area (Å²) in [7, 11) is 0. The molecule has 2 heterocycles. The summed E-state index contributed by atoms with van der Waals surface area (Å²) >= 11 is 1.95. The van der Waals surface area contributed by atoms with Crippen LogP contribution in [0.4, 0.5) is 5.69 Å². The van der Waals surface area contributed by atoms with Gasteiger partial charge in [0.2, 0.25) is 0 Å². The van der Waals surface area contributed by atoms with Gasteiger partial charge in [-0.2, -0.15) is 0 Å². The van der Waals surface area contributed by atoms with E-state index in [1.165, 1.54) is 33.8 Å². The fourth-order valence-corrected chi connectivity index (χ4v) is 4.89. The first kappa shape index (κ1) is 18.3. The SMILES string of the molecule is CC(CCc1ccc(-c2ccccc2)s1)N1CCN(c2ccccc2)CC1. The van der Waals surface area contributed by atoms with Crippen LogP contribution in [0.5, 0.6) is 0 Å². The molecule has 4 rings (SSSR count). The number of para-hydroxylation sites is 1. The number of aryl methyl sites for hydroxylation is 1. The molecule has 0 N–H and O–H groups in total. The van der Waals surface area contributed by atoms with Crippen LogP contribution in [0.1, 0.15) is 18.2 Å². The zero-order chi connectivity index (χ0) is 18.5. The summed E-state index contributed by atoms with van der Waals surface area (Å²) in [5.41, 5.74) is 2.69. The van der Waals surface area contributed by atoms with Crippen molar-refractivity contribution in [2.24, 2.45) is 0 Å². The first-order valence-corrected chi connectivity index (χ1v) is 10.8. The van der Waals surface area contributed by atoms with E-state index in [1.54, 1.807) is 0 Å². The molecule has 2 nitrogen and oxygen atoms in total. The van der Waals surface area contributed by atoms with Gasteiger partial charge in [-0.3, -0.25) is 4.90 Å². The molecule has 0 amide bonds. The molecule has 27 heavy (non-hydrogen) atoms. The zero-order valence-corrected chi connectivity index (χ0v) is 16.9. The van der Waals surface area contributed by atoms with Crippen molar-refractivity contribution in [3.63, 3.8) is 0 Å². The Morgan fingerprint density at radius 2 is 1.48 bits per heavy atom. The summed E-state index contributed by atoms with van der Waals surface area (Å²) in [6.07, 6.45) is 2.41. The molecule has 1 unspecified atom stereocenters. The van der Waals surface area contributed by atoms with Crippen molar-refractivity contribution in [2.45, 2.75) is 25.8 Å². The fraction of sp³-hybridized carbons (Fsp3) is 0.333. The minimum absolute atomic E-state index is 0.644. The molecule has 2 aromatic carbocycles. The molecule has 1 saturated heterocycles. The van der Waals surface area contributed by atoms with Crippen LogP contribution in [0, 0.1) is 0 Å². The maximum absolute atomic E-state index is 2.66. The Bertz CT molecular complexity index is 820. The number of piperazine rings is 1. The Morgan fingerprint density at radius 1 is 0.815 bits per heavy atom. The summed E-state index contributed by atoms with van der Waals surface area (Å²) in [5.74, 6) is 0. The molecular weight excluding hydrogens is 348 g/mol. The average Bonchev–Trinajstić information content (AvgIpc) is 3.22. The van der Waals surface area contributed by atoms with E-state index >= 15 is 0 Å². The quantitative estimate of drug-likeness (QED) is 0.556. The number of hydrogen-bond acceptors (Lipinski definition) is 3. The lowest BCUT2D eigenvalue weighted by molar-refractivity contribution is 0.189. The first-order valence-electron chi connectivity index (χ1n) is 9.98. The lowest BCUT2D eigenvalue weighted by Gasteiger charge is -2.39. The highest BCUT2D eigenvalue weighted by atomic mass is 32.1. The predicted octanol–water partition coefficient (Wildman–Crippen LogP) is 5.56. The van der Waals surface area contributed by atoms with Gasteiger partial charge in [0.05, 0.1) is 0 Å². The van der Waals surface area contributed by atoms with Crippen molar-refractivity contribution in [2.75, 3.05) is 31.1 Å². The van der Waals surface area contributed by atoms with E-state index in [0.717, 1.165) is 26.2 Å². The topological polar surface area (TPSA) is 6.48 Å². The van der Waals surface area contributed by atoms with Crippen LogP contribution in [0.15, 0.2) is 72.8 Å². The van der Waals surface area contributed by atoms with Crippen molar-refractivity contribution in [1.82, 2.24) is 4.90 Å². The van der Waals surface area contributed by atoms with Crippen LogP contribution in [0.2, 0.25) is 0 Å². The maximum atomic E-state index is 2.66. The Labute approximate surface area is 167 Å². The molecule has 0 radical (unpaired) electrons. The lowest BCUT2D eigenvalue weighted by atomic mass is 10.1. The molecule has 3 aromatic rings. The van der Waals surface area contributed by atoms with Crippen LogP contribution in [0.3, 0.4) is 0 Å². The molecule has 140 valence electrons. The minimum Gasteiger partial charge on any atom is -0.369 e. The van der Waals surface area contributed by atoms with E-state index in [2.05, 4.69) is 89.5 Å². The van der Waals surface area contributed by atoms with Gasteiger partial charge in [0.15, 0.2) is 0 Å². The van der Waals surface area contributed by atoms with E-state index in [-0.39, 0.29) is 0 Å². The summed E-state index contributed by atoms with van der Waals surface area (Å²) in [4.78, 5) is 8.05. The summed E-state index contributed by atoms with van der Waals surface area (Å²) < 4.78 is 0. The van der Waals surface area contributed by atoms with E-state index < -0.39 is 0 Å². The van der Waals surface area contributed by atoms with E-state index in [0.29, 0.717) is 6.04 Å². The first-order chi connectivity index (χ1) is 13.3. The Balaban J connectivity index is 1.27. The predicted molar refractivity (Wildman–Crippen MR) is 118 cm³/mol. The van der Waals surface area contributed by atoms with Crippen molar-refractivity contribution in [3.8, 4) is 10.4 Å². The number of benzene rings is 2. The van der Waals surface area contributed by atoms with Gasteiger partial charge >= 0.3 is 0 Å². The Morgan fingerprint density at radius 3 is 2.19 bits per heavy atom.